The van der Waals surface area contributed by atoms with Crippen molar-refractivity contribution in [2.45, 2.75) is 45.1 Å². The first kappa shape index (κ1) is 34.7. The first-order valence-electron chi connectivity index (χ1n) is 15.9. The second kappa shape index (κ2) is 15.0. The number of fused-ring (bicyclic) bond motifs is 1. The predicted octanol–water partition coefficient (Wildman–Crippen LogP) is 6.91. The molecule has 5 rings (SSSR count). The van der Waals surface area contributed by atoms with Crippen LogP contribution in [0, 0.1) is 5.92 Å². The van der Waals surface area contributed by atoms with Gasteiger partial charge in [0.05, 0.1) is 35.9 Å². The van der Waals surface area contributed by atoms with Crippen molar-refractivity contribution in [3.05, 3.63) is 119 Å². The second-order valence-corrected chi connectivity index (χ2v) is 12.5. The maximum absolute atomic E-state index is 13.8. The molecule has 0 bridgehead atoms. The maximum Gasteiger partial charge on any atom is 0.416 e. The lowest BCUT2D eigenvalue weighted by molar-refractivity contribution is -0.137. The number of para-hydroxylation sites is 1. The molecular formula is C38H40F3N3O4. The average Bonchev–Trinajstić information content (AvgIpc) is 3.07. The van der Waals surface area contributed by atoms with E-state index in [0.717, 1.165) is 28.8 Å². The molecule has 0 spiro atoms. The average molecular weight is 660 g/mol. The van der Waals surface area contributed by atoms with Crippen LogP contribution >= 0.6 is 0 Å². The van der Waals surface area contributed by atoms with Crippen LogP contribution in [0.4, 0.5) is 18.9 Å². The Hall–Kier alpha value is -4.67. The molecule has 0 fully saturated rings. The molecule has 0 radical (unpaired) electrons. The number of halogens is 3. The number of anilines is 1. The highest BCUT2D eigenvalue weighted by Gasteiger charge is 2.35. The van der Waals surface area contributed by atoms with Gasteiger partial charge >= 0.3 is 6.18 Å². The van der Waals surface area contributed by atoms with E-state index >= 15 is 0 Å². The molecule has 4 aromatic carbocycles. The zero-order valence-corrected chi connectivity index (χ0v) is 27.2. The first-order chi connectivity index (χ1) is 22.9. The molecule has 48 heavy (non-hydrogen) atoms. The fourth-order valence-corrected chi connectivity index (χ4v) is 5.87. The minimum absolute atomic E-state index is 0.144. The lowest BCUT2D eigenvalue weighted by Crippen LogP contribution is -2.49. The Morgan fingerprint density at radius 2 is 1.60 bits per heavy atom. The van der Waals surface area contributed by atoms with Crippen molar-refractivity contribution in [1.29, 1.82) is 0 Å². The number of amides is 2. The summed E-state index contributed by atoms with van der Waals surface area (Å²) in [5.74, 6) is -0.726. The molecular weight excluding hydrogens is 619 g/mol. The van der Waals surface area contributed by atoms with Gasteiger partial charge in [-0.25, -0.2) is 0 Å². The highest BCUT2D eigenvalue weighted by molar-refractivity contribution is 6.02. The summed E-state index contributed by atoms with van der Waals surface area (Å²) in [6.45, 7) is 5.06. The van der Waals surface area contributed by atoms with E-state index in [1.54, 1.807) is 30.0 Å². The van der Waals surface area contributed by atoms with Crippen LogP contribution in [0.2, 0.25) is 0 Å². The number of alkyl halides is 3. The van der Waals surface area contributed by atoms with Gasteiger partial charge < -0.3 is 20.1 Å². The number of carbonyl (C=O) groups is 2. The lowest BCUT2D eigenvalue weighted by atomic mass is 9.98. The van der Waals surface area contributed by atoms with Gasteiger partial charge in [-0.3, -0.25) is 14.5 Å². The summed E-state index contributed by atoms with van der Waals surface area (Å²) < 4.78 is 45.6. The summed E-state index contributed by atoms with van der Waals surface area (Å²) in [6, 6.07) is 27.4. The molecule has 1 aliphatic heterocycles. The number of benzene rings is 4. The molecule has 4 aromatic rings. The van der Waals surface area contributed by atoms with Crippen molar-refractivity contribution in [1.82, 2.24) is 9.80 Å². The highest BCUT2D eigenvalue weighted by Crippen LogP contribution is 2.35. The molecule has 0 saturated heterocycles. The van der Waals surface area contributed by atoms with E-state index in [9.17, 15) is 27.9 Å². The molecule has 0 aliphatic carbocycles. The van der Waals surface area contributed by atoms with E-state index in [1.165, 1.54) is 12.1 Å². The third-order valence-corrected chi connectivity index (χ3v) is 8.62. The third-order valence-electron chi connectivity index (χ3n) is 8.62. The van der Waals surface area contributed by atoms with E-state index in [0.29, 0.717) is 25.2 Å². The smallest absolute Gasteiger partial charge is 0.416 e. The number of aliphatic hydroxyl groups excluding tert-OH is 1. The van der Waals surface area contributed by atoms with Crippen molar-refractivity contribution < 1.29 is 32.6 Å². The van der Waals surface area contributed by atoms with E-state index in [-0.39, 0.29) is 41.9 Å². The van der Waals surface area contributed by atoms with Crippen LogP contribution in [0.3, 0.4) is 0 Å². The zero-order valence-electron chi connectivity index (χ0n) is 27.2. The predicted molar refractivity (Wildman–Crippen MR) is 180 cm³/mol. The van der Waals surface area contributed by atoms with Crippen LogP contribution < -0.4 is 10.1 Å². The second-order valence-electron chi connectivity index (χ2n) is 12.5. The SMILES string of the molecule is C[C@@H]1CN([C@@H](C)CO)C(=O)c2cccc(NC(=O)Cc3ccc(C(F)(F)F)cc3)c2O[C@@H]1CN(C)Cc1ccc(-c2ccccc2)cc1. The van der Waals surface area contributed by atoms with Crippen LogP contribution in [0.1, 0.15) is 40.9 Å². The summed E-state index contributed by atoms with van der Waals surface area (Å²) >= 11 is 0. The summed E-state index contributed by atoms with van der Waals surface area (Å²) in [5, 5.41) is 12.8. The van der Waals surface area contributed by atoms with E-state index in [4.69, 9.17) is 4.74 Å². The Labute approximate surface area is 279 Å². The molecule has 252 valence electrons. The molecule has 10 heteroatoms. The number of carbonyl (C=O) groups excluding carboxylic acids is 2. The fraction of sp³-hybridized carbons (Fsp3) is 0.316. The van der Waals surface area contributed by atoms with Crippen molar-refractivity contribution in [3.63, 3.8) is 0 Å². The van der Waals surface area contributed by atoms with Crippen LogP contribution in [-0.2, 0) is 23.9 Å². The summed E-state index contributed by atoms with van der Waals surface area (Å²) in [4.78, 5) is 30.7. The Balaban J connectivity index is 1.36. The van der Waals surface area contributed by atoms with Gasteiger partial charge in [0.15, 0.2) is 5.75 Å². The van der Waals surface area contributed by atoms with Gasteiger partial charge in [0.1, 0.15) is 6.10 Å². The molecule has 0 aromatic heterocycles. The van der Waals surface area contributed by atoms with Crippen LogP contribution in [0.15, 0.2) is 97.1 Å². The monoisotopic (exact) mass is 659 g/mol. The molecule has 1 heterocycles. The van der Waals surface area contributed by atoms with Gasteiger partial charge in [-0.15, -0.1) is 0 Å². The number of hydrogen-bond acceptors (Lipinski definition) is 5. The summed E-state index contributed by atoms with van der Waals surface area (Å²) in [6.07, 6.45) is -5.04. The van der Waals surface area contributed by atoms with Crippen LogP contribution in [0.5, 0.6) is 5.75 Å². The lowest BCUT2D eigenvalue weighted by Gasteiger charge is -2.38. The van der Waals surface area contributed by atoms with Gasteiger partial charge in [0.2, 0.25) is 5.91 Å². The number of ether oxygens (including phenoxy) is 1. The number of rotatable bonds is 10. The highest BCUT2D eigenvalue weighted by atomic mass is 19.4. The van der Waals surface area contributed by atoms with Crippen LogP contribution in [-0.4, -0.2) is 65.6 Å². The molecule has 2 amide bonds. The molecule has 7 nitrogen and oxygen atoms in total. The third kappa shape index (κ3) is 8.42. The minimum atomic E-state index is -4.47. The van der Waals surface area contributed by atoms with E-state index in [1.807, 2.05) is 32.2 Å². The van der Waals surface area contributed by atoms with E-state index in [2.05, 4.69) is 46.6 Å². The molecule has 0 saturated carbocycles. The standard InChI is InChI=1S/C38H40F3N3O4/c1-25-21-44(26(2)24-45)37(47)32-10-7-11-33(42-35(46)20-27-14-18-31(19-15-27)38(39,40)41)36(32)48-34(25)23-43(3)22-28-12-16-30(17-13-28)29-8-5-4-6-9-29/h4-19,25-26,34,45H,20-24H2,1-3H3,(H,42,46)/t25-,26+,34-/m1/s1. The Morgan fingerprint density at radius 3 is 2.25 bits per heavy atom. The maximum atomic E-state index is 13.8. The fourth-order valence-electron chi connectivity index (χ4n) is 5.87. The summed E-state index contributed by atoms with van der Waals surface area (Å²) in [5.41, 5.74) is 3.55. The number of nitrogens with one attached hydrogen (secondary N) is 1. The Bertz CT molecular complexity index is 1700. The number of aliphatic hydroxyl groups is 1. The van der Waals surface area contributed by atoms with Crippen LogP contribution in [0.25, 0.3) is 11.1 Å². The first-order valence-corrected chi connectivity index (χ1v) is 15.9. The molecule has 0 unspecified atom stereocenters. The van der Waals surface area contributed by atoms with Gasteiger partial charge in [-0.05, 0) is 60.5 Å². The largest absolute Gasteiger partial charge is 0.486 e. The molecule has 2 N–H and O–H groups in total. The zero-order chi connectivity index (χ0) is 34.4. The van der Waals surface area contributed by atoms with Gasteiger partial charge in [0.25, 0.3) is 5.91 Å². The van der Waals surface area contributed by atoms with Gasteiger partial charge in [-0.2, -0.15) is 13.2 Å². The Morgan fingerprint density at radius 1 is 0.958 bits per heavy atom. The number of likely N-dealkylation sites (N-methyl/N-ethyl adjacent to an activating group) is 1. The topological polar surface area (TPSA) is 82.1 Å². The summed E-state index contributed by atoms with van der Waals surface area (Å²) in [7, 11) is 2.00. The Kier molecular flexibility index (Phi) is 10.9. The quantitative estimate of drug-likeness (QED) is 0.194. The number of nitrogens with zero attached hydrogens (tertiary/aromatic N) is 2. The van der Waals surface area contributed by atoms with Gasteiger partial charge in [0, 0.05) is 25.6 Å². The van der Waals surface area contributed by atoms with Crippen molar-refractivity contribution in [3.8, 4) is 16.9 Å². The minimum Gasteiger partial charge on any atom is -0.486 e. The number of hydrogen-bond donors (Lipinski definition) is 2. The normalized spacial score (nSPS) is 17.2. The van der Waals surface area contributed by atoms with Gasteiger partial charge in [-0.1, -0.05) is 79.7 Å². The van der Waals surface area contributed by atoms with E-state index < -0.39 is 29.8 Å². The van der Waals surface area contributed by atoms with Crippen molar-refractivity contribution >= 4 is 17.5 Å². The van der Waals surface area contributed by atoms with Crippen molar-refractivity contribution in [2.75, 3.05) is 32.1 Å². The molecule has 1 aliphatic rings. The molecule has 3 atom stereocenters. The van der Waals surface area contributed by atoms with Crippen molar-refractivity contribution in [2.24, 2.45) is 5.92 Å².